The number of aromatic nitrogens is 2. The molecule has 0 saturated heterocycles. The van der Waals surface area contributed by atoms with Crippen LogP contribution in [-0.2, 0) is 18.4 Å². The normalized spacial score (nSPS) is 13.2. The highest BCUT2D eigenvalue weighted by atomic mass is 15.1. The molecule has 1 heterocycles. The zero-order valence-electron chi connectivity index (χ0n) is 38.9. The predicted octanol–water partition coefficient (Wildman–Crippen LogP) is 17.8. The molecule has 2 heteroatoms. The Bertz CT molecular complexity index is 1300. The Hall–Kier alpha value is -2.35. The molecule has 1 aromatic heterocycles. The van der Waals surface area contributed by atoms with E-state index in [2.05, 4.69) is 109 Å². The molecule has 0 spiro atoms. The fourth-order valence-electron chi connectivity index (χ4n) is 9.68. The van der Waals surface area contributed by atoms with Gasteiger partial charge in [0, 0.05) is 5.41 Å². The Morgan fingerprint density at radius 2 is 0.810 bits per heavy atom. The van der Waals surface area contributed by atoms with E-state index in [1.54, 1.807) is 0 Å². The Morgan fingerprint density at radius 1 is 0.448 bits per heavy atom. The van der Waals surface area contributed by atoms with Crippen LogP contribution in [0.1, 0.15) is 256 Å². The summed E-state index contributed by atoms with van der Waals surface area (Å²) in [6, 6.07) is 23.1. The van der Waals surface area contributed by atoms with Gasteiger partial charge in [0.25, 0.3) is 0 Å². The number of unbranched alkanes of at least 4 members (excludes halogenated alkanes) is 31. The second-order valence-corrected chi connectivity index (χ2v) is 18.8. The van der Waals surface area contributed by atoms with Gasteiger partial charge >= 0.3 is 0 Å². The summed E-state index contributed by atoms with van der Waals surface area (Å²) in [4.78, 5) is 0. The minimum Gasteiger partial charge on any atom is -0.237 e. The third-order valence-corrected chi connectivity index (χ3v) is 13.5. The van der Waals surface area contributed by atoms with E-state index in [1.807, 2.05) is 0 Å². The van der Waals surface area contributed by atoms with Gasteiger partial charge in [-0.15, -0.1) is 0 Å². The largest absolute Gasteiger partial charge is 0.244 e. The maximum Gasteiger partial charge on any atom is 0.244 e. The molecular weight excluding hydrogens is 701 g/mol. The van der Waals surface area contributed by atoms with Crippen molar-refractivity contribution in [2.24, 2.45) is 0 Å². The lowest BCUT2D eigenvalue weighted by molar-refractivity contribution is -0.697. The summed E-state index contributed by atoms with van der Waals surface area (Å²) >= 11 is 0. The Morgan fingerprint density at radius 3 is 1.22 bits per heavy atom. The van der Waals surface area contributed by atoms with Crippen LogP contribution in [0.2, 0.25) is 0 Å². The van der Waals surface area contributed by atoms with Gasteiger partial charge in [0.15, 0.2) is 0 Å². The molecule has 2 unspecified atom stereocenters. The molecule has 0 fully saturated rings. The van der Waals surface area contributed by atoms with Crippen LogP contribution in [0.5, 0.6) is 0 Å². The van der Waals surface area contributed by atoms with Gasteiger partial charge in [-0.2, -0.15) is 0 Å². The van der Waals surface area contributed by atoms with Crippen molar-refractivity contribution in [2.75, 3.05) is 0 Å². The third-order valence-electron chi connectivity index (χ3n) is 13.5. The summed E-state index contributed by atoms with van der Waals surface area (Å²) < 4.78 is 5.09. The summed E-state index contributed by atoms with van der Waals surface area (Å²) in [5.74, 6) is 0. The highest BCUT2D eigenvalue weighted by molar-refractivity contribution is 5.31. The SMILES string of the molecule is CCCCCCCCCCCCCCCCCCCC(n1cc[n+](CCCCCCCCCCCCCCCCCC)c1)C(C)(Cc1ccccc1)c1ccccc1. The molecule has 3 rings (SSSR count). The van der Waals surface area contributed by atoms with E-state index in [0.29, 0.717) is 6.04 Å². The van der Waals surface area contributed by atoms with Crippen molar-refractivity contribution in [3.8, 4) is 0 Å². The number of imidazole rings is 1. The van der Waals surface area contributed by atoms with Gasteiger partial charge in [0.2, 0.25) is 6.33 Å². The van der Waals surface area contributed by atoms with Gasteiger partial charge < -0.3 is 0 Å². The first kappa shape index (κ1) is 50.0. The first-order chi connectivity index (χ1) is 28.7. The van der Waals surface area contributed by atoms with Crippen molar-refractivity contribution in [1.29, 1.82) is 0 Å². The molecule has 0 amide bonds. The number of nitrogens with zero attached hydrogens (tertiary/aromatic N) is 2. The summed E-state index contributed by atoms with van der Waals surface area (Å²) in [7, 11) is 0. The second kappa shape index (κ2) is 34.4. The van der Waals surface area contributed by atoms with Crippen molar-refractivity contribution < 1.29 is 4.57 Å². The molecule has 2 atom stereocenters. The fraction of sp³-hybridized carbons (Fsp3) is 0.732. The predicted molar refractivity (Wildman–Crippen MR) is 256 cm³/mol. The van der Waals surface area contributed by atoms with Crippen LogP contribution in [0.4, 0.5) is 0 Å². The van der Waals surface area contributed by atoms with Crippen LogP contribution in [0.15, 0.2) is 79.4 Å². The van der Waals surface area contributed by atoms with Crippen molar-refractivity contribution in [3.63, 3.8) is 0 Å². The van der Waals surface area contributed by atoms with E-state index >= 15 is 0 Å². The molecule has 328 valence electrons. The fourth-order valence-corrected chi connectivity index (χ4v) is 9.68. The maximum atomic E-state index is 2.61. The lowest BCUT2D eigenvalue weighted by atomic mass is 9.70. The summed E-state index contributed by atoms with van der Waals surface area (Å²) in [5.41, 5.74) is 2.91. The highest BCUT2D eigenvalue weighted by Crippen LogP contribution is 2.42. The summed E-state index contributed by atoms with van der Waals surface area (Å²) in [6.07, 6.45) is 56.5. The van der Waals surface area contributed by atoms with Crippen molar-refractivity contribution in [2.45, 2.75) is 264 Å². The van der Waals surface area contributed by atoms with Crippen LogP contribution in [0.25, 0.3) is 0 Å². The van der Waals surface area contributed by atoms with Gasteiger partial charge in [-0.05, 0) is 43.2 Å². The number of benzene rings is 2. The van der Waals surface area contributed by atoms with E-state index < -0.39 is 0 Å². The molecule has 58 heavy (non-hydrogen) atoms. The van der Waals surface area contributed by atoms with E-state index in [-0.39, 0.29) is 5.41 Å². The number of aryl methyl sites for hydroxylation is 1. The topological polar surface area (TPSA) is 8.81 Å². The van der Waals surface area contributed by atoms with E-state index in [9.17, 15) is 0 Å². The number of rotatable bonds is 40. The van der Waals surface area contributed by atoms with Gasteiger partial charge in [-0.25, -0.2) is 9.13 Å². The van der Waals surface area contributed by atoms with Crippen LogP contribution < -0.4 is 4.57 Å². The lowest BCUT2D eigenvalue weighted by Gasteiger charge is -2.37. The quantitative estimate of drug-likeness (QED) is 0.0400. The Balaban J connectivity index is 1.40. The molecule has 0 N–H and O–H groups in total. The lowest BCUT2D eigenvalue weighted by Crippen LogP contribution is -2.38. The smallest absolute Gasteiger partial charge is 0.237 e. The van der Waals surface area contributed by atoms with Crippen molar-refractivity contribution in [3.05, 3.63) is 90.5 Å². The minimum absolute atomic E-state index is 0.00274. The van der Waals surface area contributed by atoms with E-state index in [4.69, 9.17) is 0 Å². The molecule has 0 radical (unpaired) electrons. The molecule has 0 bridgehead atoms. The average Bonchev–Trinajstić information content (AvgIpc) is 3.72. The average molecular weight is 796 g/mol. The second-order valence-electron chi connectivity index (χ2n) is 18.8. The van der Waals surface area contributed by atoms with Gasteiger partial charge in [0.05, 0.1) is 6.54 Å². The maximum absolute atomic E-state index is 2.61. The van der Waals surface area contributed by atoms with E-state index in [1.165, 1.54) is 229 Å². The van der Waals surface area contributed by atoms with Gasteiger partial charge in [-0.3, -0.25) is 0 Å². The monoisotopic (exact) mass is 796 g/mol. The van der Waals surface area contributed by atoms with Crippen LogP contribution in [0.3, 0.4) is 0 Å². The van der Waals surface area contributed by atoms with E-state index in [0.717, 1.165) is 13.0 Å². The first-order valence-electron chi connectivity index (χ1n) is 25.8. The van der Waals surface area contributed by atoms with Crippen LogP contribution >= 0.6 is 0 Å². The molecule has 0 aliphatic carbocycles. The Labute approximate surface area is 361 Å². The van der Waals surface area contributed by atoms with Crippen molar-refractivity contribution >= 4 is 0 Å². The molecule has 0 aliphatic heterocycles. The standard InChI is InChI=1S/C56H95N2/c1-4-6-8-10-12-14-16-18-20-22-23-25-27-29-31-33-41-47-55(56(3,54-45-39-36-40-46-54)51-53-43-37-35-38-44-53)58-50-49-57(52-58)48-42-34-32-30-28-26-24-21-19-17-15-13-11-9-7-5-2/h35-40,43-46,49-50,52,55H,4-34,41-42,47-48,51H2,1-3H3/q+1. The number of hydrogen-bond acceptors (Lipinski definition) is 0. The molecule has 2 aromatic carbocycles. The van der Waals surface area contributed by atoms with Crippen molar-refractivity contribution in [1.82, 2.24) is 4.57 Å². The zero-order chi connectivity index (χ0) is 41.0. The van der Waals surface area contributed by atoms with Crippen LogP contribution in [-0.4, -0.2) is 4.57 Å². The third kappa shape index (κ3) is 22.9. The Kier molecular flexibility index (Phi) is 29.6. The van der Waals surface area contributed by atoms with Crippen LogP contribution in [0, 0.1) is 0 Å². The van der Waals surface area contributed by atoms with Gasteiger partial charge in [-0.1, -0.05) is 274 Å². The zero-order valence-corrected chi connectivity index (χ0v) is 38.9. The molecule has 2 nitrogen and oxygen atoms in total. The summed E-state index contributed by atoms with van der Waals surface area (Å²) in [6.45, 7) is 8.31. The molecule has 3 aromatic rings. The highest BCUT2D eigenvalue weighted by Gasteiger charge is 2.40. The van der Waals surface area contributed by atoms with Gasteiger partial charge in [0.1, 0.15) is 18.4 Å². The first-order valence-corrected chi connectivity index (χ1v) is 25.8. The molecular formula is C56H95N2+. The molecule has 0 aliphatic rings. The minimum atomic E-state index is 0.00274. The number of hydrogen-bond donors (Lipinski definition) is 0. The summed E-state index contributed by atoms with van der Waals surface area (Å²) in [5, 5.41) is 0. The molecule has 0 saturated carbocycles.